The fourth-order valence-electron chi connectivity index (χ4n) is 5.16. The van der Waals surface area contributed by atoms with Gasteiger partial charge >= 0.3 is 5.97 Å². The first-order valence-electron chi connectivity index (χ1n) is 10.2. The smallest absolute Gasteiger partial charge is 0.308 e. The van der Waals surface area contributed by atoms with Gasteiger partial charge in [-0.1, -0.05) is 13.8 Å². The summed E-state index contributed by atoms with van der Waals surface area (Å²) in [4.78, 5) is 11.6. The largest absolute Gasteiger partial charge is 0.496 e. The molecule has 2 aromatic rings. The van der Waals surface area contributed by atoms with Crippen LogP contribution in [0.2, 0.25) is 0 Å². The highest BCUT2D eigenvalue weighted by Gasteiger charge is 2.34. The molecule has 2 rings (SSSR count). The number of esters is 1. The van der Waals surface area contributed by atoms with Crippen LogP contribution in [0.15, 0.2) is 0 Å². The average Bonchev–Trinajstić information content (AvgIpc) is 2.62. The molecular formula is C26H36O3. The second-order valence-electron chi connectivity index (χ2n) is 8.83. The maximum absolute atomic E-state index is 11.6. The molecule has 0 aliphatic rings. The summed E-state index contributed by atoms with van der Waals surface area (Å²) in [6, 6.07) is 0. The van der Waals surface area contributed by atoms with E-state index in [-0.39, 0.29) is 11.4 Å². The van der Waals surface area contributed by atoms with Crippen molar-refractivity contribution in [1.82, 2.24) is 0 Å². The summed E-state index contributed by atoms with van der Waals surface area (Å²) < 4.78 is 11.3. The average molecular weight is 397 g/mol. The van der Waals surface area contributed by atoms with Crippen molar-refractivity contribution in [2.45, 2.75) is 81.6 Å². The summed E-state index contributed by atoms with van der Waals surface area (Å²) in [5.74, 6) is 1.39. The second kappa shape index (κ2) is 7.85. The molecule has 3 nitrogen and oxygen atoms in total. The van der Waals surface area contributed by atoms with Crippen LogP contribution >= 0.6 is 0 Å². The van der Waals surface area contributed by atoms with Gasteiger partial charge in [-0.25, -0.2) is 0 Å². The van der Waals surface area contributed by atoms with E-state index in [4.69, 9.17) is 9.47 Å². The molecule has 0 spiro atoms. The summed E-state index contributed by atoms with van der Waals surface area (Å²) in [7, 11) is 1.74. The van der Waals surface area contributed by atoms with Gasteiger partial charge in [0.05, 0.1) is 7.11 Å². The number of rotatable bonds is 4. The lowest BCUT2D eigenvalue weighted by Gasteiger charge is -2.36. The third kappa shape index (κ3) is 3.56. The predicted octanol–water partition coefficient (Wildman–Crippen LogP) is 6.41. The van der Waals surface area contributed by atoms with Crippen molar-refractivity contribution in [1.29, 1.82) is 0 Å². The van der Waals surface area contributed by atoms with Gasteiger partial charge in [-0.15, -0.1) is 0 Å². The molecule has 0 aromatic heterocycles. The van der Waals surface area contributed by atoms with Crippen molar-refractivity contribution < 1.29 is 14.3 Å². The lowest BCUT2D eigenvalue weighted by Crippen LogP contribution is -2.26. The lowest BCUT2D eigenvalue weighted by molar-refractivity contribution is -0.131. The molecule has 0 atom stereocenters. The van der Waals surface area contributed by atoms with Gasteiger partial charge in [0.2, 0.25) is 0 Å². The number of ether oxygens (including phenoxy) is 2. The second-order valence-corrected chi connectivity index (χ2v) is 8.83. The molecule has 0 N–H and O–H groups in total. The predicted molar refractivity (Wildman–Crippen MR) is 121 cm³/mol. The molecule has 0 bridgehead atoms. The van der Waals surface area contributed by atoms with Crippen molar-refractivity contribution in [2.75, 3.05) is 7.11 Å². The van der Waals surface area contributed by atoms with E-state index in [9.17, 15) is 4.79 Å². The van der Waals surface area contributed by atoms with Crippen LogP contribution in [0.5, 0.6) is 11.5 Å². The van der Waals surface area contributed by atoms with Gasteiger partial charge in [0.25, 0.3) is 0 Å². The Bertz CT molecular complexity index is 936. The molecule has 0 aliphatic heterocycles. The van der Waals surface area contributed by atoms with E-state index >= 15 is 0 Å². The molecule has 29 heavy (non-hydrogen) atoms. The molecule has 0 fully saturated rings. The Labute approximate surface area is 176 Å². The summed E-state index contributed by atoms with van der Waals surface area (Å²) in [5.41, 5.74) is 11.8. The molecule has 0 aliphatic carbocycles. The zero-order chi connectivity index (χ0) is 22.4. The number of methoxy groups -OCH3 is 1. The van der Waals surface area contributed by atoms with Crippen LogP contribution in [-0.4, -0.2) is 13.1 Å². The van der Waals surface area contributed by atoms with Crippen LogP contribution in [0.3, 0.4) is 0 Å². The van der Waals surface area contributed by atoms with Crippen molar-refractivity contribution in [3.05, 3.63) is 55.6 Å². The van der Waals surface area contributed by atoms with Crippen molar-refractivity contribution in [2.24, 2.45) is 0 Å². The van der Waals surface area contributed by atoms with E-state index in [0.29, 0.717) is 5.75 Å². The molecular weight excluding hydrogens is 360 g/mol. The Balaban J connectivity index is 2.91. The third-order valence-corrected chi connectivity index (χ3v) is 6.81. The zero-order valence-corrected chi connectivity index (χ0v) is 20.2. The van der Waals surface area contributed by atoms with E-state index in [2.05, 4.69) is 55.4 Å². The van der Waals surface area contributed by atoms with E-state index in [1.54, 1.807) is 7.11 Å². The molecule has 0 heterocycles. The summed E-state index contributed by atoms with van der Waals surface area (Å²) in [6.45, 7) is 23.1. The fourth-order valence-corrected chi connectivity index (χ4v) is 5.16. The number of carbonyl (C=O) groups excluding carboxylic acids is 1. The van der Waals surface area contributed by atoms with Gasteiger partial charge in [0.15, 0.2) is 0 Å². The number of benzene rings is 2. The van der Waals surface area contributed by atoms with Crippen LogP contribution in [0.1, 0.15) is 76.4 Å². The highest BCUT2D eigenvalue weighted by atomic mass is 16.5. The third-order valence-electron chi connectivity index (χ3n) is 6.81. The maximum Gasteiger partial charge on any atom is 0.308 e. The van der Waals surface area contributed by atoms with Crippen LogP contribution in [-0.2, 0) is 10.2 Å². The van der Waals surface area contributed by atoms with Gasteiger partial charge in [0.1, 0.15) is 11.5 Å². The first-order valence-corrected chi connectivity index (χ1v) is 10.2. The minimum atomic E-state index is -0.282. The highest BCUT2D eigenvalue weighted by Crippen LogP contribution is 2.46. The lowest BCUT2D eigenvalue weighted by atomic mass is 9.68. The Morgan fingerprint density at radius 1 is 0.621 bits per heavy atom. The first kappa shape index (κ1) is 23.0. The van der Waals surface area contributed by atoms with Crippen molar-refractivity contribution in [3.63, 3.8) is 0 Å². The molecule has 158 valence electrons. The van der Waals surface area contributed by atoms with E-state index < -0.39 is 0 Å². The fraction of sp³-hybridized carbons (Fsp3) is 0.500. The monoisotopic (exact) mass is 396 g/mol. The van der Waals surface area contributed by atoms with Gasteiger partial charge in [0, 0.05) is 12.3 Å². The number of carbonyl (C=O) groups is 1. The first-order chi connectivity index (χ1) is 13.3. The topological polar surface area (TPSA) is 35.5 Å². The molecule has 0 saturated carbocycles. The van der Waals surface area contributed by atoms with Crippen LogP contribution in [0, 0.1) is 55.4 Å². The van der Waals surface area contributed by atoms with E-state index in [1.165, 1.54) is 51.4 Å². The van der Waals surface area contributed by atoms with Crippen LogP contribution in [0.25, 0.3) is 0 Å². The molecule has 2 aromatic carbocycles. The van der Waals surface area contributed by atoms with E-state index in [1.807, 2.05) is 13.8 Å². The maximum atomic E-state index is 11.6. The summed E-state index contributed by atoms with van der Waals surface area (Å²) in [5, 5.41) is 0. The zero-order valence-electron chi connectivity index (χ0n) is 20.2. The number of hydrogen-bond donors (Lipinski definition) is 0. The quantitative estimate of drug-likeness (QED) is 0.442. The Kier molecular flexibility index (Phi) is 6.23. The number of hydrogen-bond acceptors (Lipinski definition) is 3. The highest BCUT2D eigenvalue weighted by molar-refractivity contribution is 5.72. The Hall–Kier alpha value is -2.29. The van der Waals surface area contributed by atoms with Gasteiger partial charge in [-0.2, -0.15) is 0 Å². The molecule has 0 amide bonds. The Morgan fingerprint density at radius 2 is 0.931 bits per heavy atom. The van der Waals surface area contributed by atoms with Crippen LogP contribution in [0.4, 0.5) is 0 Å². The minimum absolute atomic E-state index is 0.214. The van der Waals surface area contributed by atoms with Gasteiger partial charge < -0.3 is 9.47 Å². The van der Waals surface area contributed by atoms with Crippen molar-refractivity contribution in [3.8, 4) is 11.5 Å². The van der Waals surface area contributed by atoms with Gasteiger partial charge in [-0.05, 0) is 111 Å². The molecule has 0 unspecified atom stereocenters. The van der Waals surface area contributed by atoms with Crippen LogP contribution < -0.4 is 9.47 Å². The normalized spacial score (nSPS) is 11.6. The van der Waals surface area contributed by atoms with Gasteiger partial charge in [-0.3, -0.25) is 4.79 Å². The van der Waals surface area contributed by atoms with Crippen molar-refractivity contribution >= 4 is 5.97 Å². The molecule has 3 heteroatoms. The summed E-state index contributed by atoms with van der Waals surface area (Å²) in [6.07, 6.45) is 0. The Morgan fingerprint density at radius 3 is 1.21 bits per heavy atom. The summed E-state index contributed by atoms with van der Waals surface area (Å²) >= 11 is 0. The minimum Gasteiger partial charge on any atom is -0.496 e. The van der Waals surface area contributed by atoms with E-state index in [0.717, 1.165) is 16.9 Å². The standard InChI is InChI=1S/C26H36O3/c1-13-17(5)24(28-12)18(6)14(2)22(13)26(10,11)23-15(3)19(7)25(29-21(9)27)20(8)16(23)4/h1-12H3. The SMILES string of the molecule is COc1c(C)c(C)c(C(C)(C)c2c(C)c(C)c(OC(C)=O)c(C)c2C)c(C)c1C. The molecule has 0 saturated heterocycles. The molecule has 0 radical (unpaired) electrons.